The summed E-state index contributed by atoms with van der Waals surface area (Å²) in [5, 5.41) is 4.76. The number of rotatable bonds is 7. The van der Waals surface area contributed by atoms with Gasteiger partial charge < -0.3 is 4.74 Å². The fourth-order valence-corrected chi connectivity index (χ4v) is 3.60. The van der Waals surface area contributed by atoms with Crippen molar-refractivity contribution in [1.82, 2.24) is 5.43 Å². The molecule has 0 saturated heterocycles. The zero-order chi connectivity index (χ0) is 24.0. The molecule has 1 amide bonds. The molecule has 0 unspecified atom stereocenters. The summed E-state index contributed by atoms with van der Waals surface area (Å²) in [6.45, 7) is 0.286. The Morgan fingerprint density at radius 2 is 1.82 bits per heavy atom. The standard InChI is InChI=1S/C23H16BrCl2F3N2O2/c24-18-9-15(5-7-21(18)33-13-16-4-6-19(25)20(26)10-16)12-30-31-22(32)11-14-2-1-3-17(8-14)23(27,28)29/h1-10,12H,11,13H2,(H,31,32)/b30-12+. The first-order valence-electron chi connectivity index (χ1n) is 9.46. The Kier molecular flexibility index (Phi) is 8.40. The van der Waals surface area contributed by atoms with Crippen LogP contribution in [0, 0.1) is 0 Å². The van der Waals surface area contributed by atoms with E-state index in [0.29, 0.717) is 25.8 Å². The lowest BCUT2D eigenvalue weighted by Gasteiger charge is -2.09. The van der Waals surface area contributed by atoms with Crippen molar-refractivity contribution in [2.75, 3.05) is 0 Å². The highest BCUT2D eigenvalue weighted by Gasteiger charge is 2.30. The van der Waals surface area contributed by atoms with E-state index in [1.54, 1.807) is 30.3 Å². The van der Waals surface area contributed by atoms with Gasteiger partial charge in [0, 0.05) is 0 Å². The number of hydrogen-bond donors (Lipinski definition) is 1. The third kappa shape index (κ3) is 7.48. The molecule has 172 valence electrons. The second-order valence-corrected chi connectivity index (χ2v) is 8.56. The van der Waals surface area contributed by atoms with Crippen LogP contribution in [-0.4, -0.2) is 12.1 Å². The third-order valence-corrected chi connectivity index (χ3v) is 5.71. The molecule has 0 heterocycles. The van der Waals surface area contributed by atoms with Gasteiger partial charge in [0.15, 0.2) is 0 Å². The summed E-state index contributed by atoms with van der Waals surface area (Å²) in [6, 6.07) is 15.0. The van der Waals surface area contributed by atoms with Gasteiger partial charge in [0.25, 0.3) is 0 Å². The zero-order valence-electron chi connectivity index (χ0n) is 16.8. The zero-order valence-corrected chi connectivity index (χ0v) is 19.9. The topological polar surface area (TPSA) is 50.7 Å². The predicted molar refractivity (Wildman–Crippen MR) is 126 cm³/mol. The highest BCUT2D eigenvalue weighted by Crippen LogP contribution is 2.30. The van der Waals surface area contributed by atoms with Crippen molar-refractivity contribution < 1.29 is 22.7 Å². The van der Waals surface area contributed by atoms with Crippen LogP contribution in [0.5, 0.6) is 5.75 Å². The van der Waals surface area contributed by atoms with Crippen molar-refractivity contribution >= 4 is 51.3 Å². The number of amides is 1. The van der Waals surface area contributed by atoms with E-state index in [9.17, 15) is 18.0 Å². The molecule has 0 aromatic heterocycles. The SMILES string of the molecule is O=C(Cc1cccc(C(F)(F)F)c1)N/N=C/c1ccc(OCc2ccc(Cl)c(Cl)c2)c(Br)c1. The molecule has 10 heteroatoms. The molecule has 0 atom stereocenters. The predicted octanol–water partition coefficient (Wildman–Crippen LogP) is 7.05. The highest BCUT2D eigenvalue weighted by molar-refractivity contribution is 9.10. The molecule has 3 aromatic rings. The van der Waals surface area contributed by atoms with Gasteiger partial charge in [-0.3, -0.25) is 4.79 Å². The molecule has 3 rings (SSSR count). The lowest BCUT2D eigenvalue weighted by atomic mass is 10.1. The quantitative estimate of drug-likeness (QED) is 0.249. The molecule has 0 bridgehead atoms. The van der Waals surface area contributed by atoms with Gasteiger partial charge in [-0.2, -0.15) is 18.3 Å². The smallest absolute Gasteiger partial charge is 0.416 e. The number of carbonyl (C=O) groups excluding carboxylic acids is 1. The van der Waals surface area contributed by atoms with E-state index in [2.05, 4.69) is 26.5 Å². The lowest BCUT2D eigenvalue weighted by Crippen LogP contribution is -2.20. The van der Waals surface area contributed by atoms with E-state index in [0.717, 1.165) is 17.7 Å². The molecule has 0 aliphatic carbocycles. The van der Waals surface area contributed by atoms with Gasteiger partial charge >= 0.3 is 6.18 Å². The molecule has 0 radical (unpaired) electrons. The van der Waals surface area contributed by atoms with Gasteiger partial charge in [-0.25, -0.2) is 5.43 Å². The number of halogens is 6. The molecule has 0 saturated carbocycles. The van der Waals surface area contributed by atoms with E-state index in [1.807, 2.05) is 6.07 Å². The highest BCUT2D eigenvalue weighted by atomic mass is 79.9. The van der Waals surface area contributed by atoms with Crippen LogP contribution >= 0.6 is 39.1 Å². The molecular formula is C23H16BrCl2F3N2O2. The van der Waals surface area contributed by atoms with E-state index in [4.69, 9.17) is 27.9 Å². The van der Waals surface area contributed by atoms with Gasteiger partial charge in [-0.15, -0.1) is 0 Å². The number of carbonyl (C=O) groups is 1. The Hall–Kier alpha value is -2.55. The summed E-state index contributed by atoms with van der Waals surface area (Å²) in [4.78, 5) is 12.0. The number of hydrazone groups is 1. The first kappa shape index (κ1) is 25.1. The maximum absolute atomic E-state index is 12.8. The third-order valence-electron chi connectivity index (χ3n) is 4.36. The fourth-order valence-electron chi connectivity index (χ4n) is 2.77. The Balaban J connectivity index is 1.54. The van der Waals surface area contributed by atoms with Crippen molar-refractivity contribution in [2.45, 2.75) is 19.2 Å². The monoisotopic (exact) mass is 558 g/mol. The largest absolute Gasteiger partial charge is 0.488 e. The molecule has 0 aliphatic rings. The van der Waals surface area contributed by atoms with Crippen LogP contribution in [0.25, 0.3) is 0 Å². The molecule has 0 spiro atoms. The summed E-state index contributed by atoms with van der Waals surface area (Å²) >= 11 is 15.3. The van der Waals surface area contributed by atoms with Gasteiger partial charge in [0.1, 0.15) is 12.4 Å². The van der Waals surface area contributed by atoms with Crippen LogP contribution in [0.1, 0.15) is 22.3 Å². The number of nitrogens with one attached hydrogen (secondary N) is 1. The molecule has 33 heavy (non-hydrogen) atoms. The van der Waals surface area contributed by atoms with Crippen molar-refractivity contribution in [3.8, 4) is 5.75 Å². The number of benzene rings is 3. The Labute approximate surface area is 206 Å². The number of ether oxygens (including phenoxy) is 1. The van der Waals surface area contributed by atoms with Gasteiger partial charge in [-0.1, -0.05) is 47.5 Å². The van der Waals surface area contributed by atoms with E-state index in [-0.39, 0.29) is 18.6 Å². The number of alkyl halides is 3. The maximum Gasteiger partial charge on any atom is 0.416 e. The van der Waals surface area contributed by atoms with Crippen LogP contribution in [-0.2, 0) is 24.0 Å². The van der Waals surface area contributed by atoms with Crippen molar-refractivity contribution in [2.24, 2.45) is 5.10 Å². The molecular weight excluding hydrogens is 544 g/mol. The number of nitrogens with zero attached hydrogens (tertiary/aromatic N) is 1. The average Bonchev–Trinajstić information content (AvgIpc) is 2.75. The van der Waals surface area contributed by atoms with Crippen LogP contribution in [0.2, 0.25) is 10.0 Å². The first-order valence-corrected chi connectivity index (χ1v) is 11.0. The Bertz CT molecular complexity index is 1190. The summed E-state index contributed by atoms with van der Waals surface area (Å²) in [5.41, 5.74) is 3.27. The van der Waals surface area contributed by atoms with Crippen molar-refractivity contribution in [3.05, 3.63) is 97.4 Å². The summed E-state index contributed by atoms with van der Waals surface area (Å²) < 4.78 is 44.8. The van der Waals surface area contributed by atoms with Gasteiger partial charge in [0.2, 0.25) is 5.91 Å². The number of hydrogen-bond acceptors (Lipinski definition) is 3. The van der Waals surface area contributed by atoms with Crippen LogP contribution in [0.4, 0.5) is 13.2 Å². The molecule has 0 fully saturated rings. The maximum atomic E-state index is 12.8. The van der Waals surface area contributed by atoms with E-state index in [1.165, 1.54) is 18.3 Å². The molecule has 1 N–H and O–H groups in total. The summed E-state index contributed by atoms with van der Waals surface area (Å²) in [5.74, 6) is 0.0537. The van der Waals surface area contributed by atoms with Crippen LogP contribution < -0.4 is 10.2 Å². The minimum atomic E-state index is -4.46. The second-order valence-electron chi connectivity index (χ2n) is 6.90. The minimum Gasteiger partial charge on any atom is -0.488 e. The summed E-state index contributed by atoms with van der Waals surface area (Å²) in [6.07, 6.45) is -3.28. The normalized spacial score (nSPS) is 11.6. The van der Waals surface area contributed by atoms with Crippen LogP contribution in [0.3, 0.4) is 0 Å². The van der Waals surface area contributed by atoms with E-state index >= 15 is 0 Å². The molecule has 4 nitrogen and oxygen atoms in total. The fraction of sp³-hybridized carbons (Fsp3) is 0.130. The average molecular weight is 560 g/mol. The van der Waals surface area contributed by atoms with Gasteiger partial charge in [-0.05, 0) is 69.0 Å². The van der Waals surface area contributed by atoms with Crippen molar-refractivity contribution in [3.63, 3.8) is 0 Å². The second kappa shape index (κ2) is 11.0. The Morgan fingerprint density at radius 3 is 2.52 bits per heavy atom. The molecule has 0 aliphatic heterocycles. The van der Waals surface area contributed by atoms with Gasteiger partial charge in [0.05, 0.1) is 32.7 Å². The first-order chi connectivity index (χ1) is 15.6. The Morgan fingerprint density at radius 1 is 1.03 bits per heavy atom. The lowest BCUT2D eigenvalue weighted by molar-refractivity contribution is -0.137. The molecule has 3 aromatic carbocycles. The van der Waals surface area contributed by atoms with E-state index < -0.39 is 17.6 Å². The minimum absolute atomic E-state index is 0.230. The van der Waals surface area contributed by atoms with Crippen molar-refractivity contribution in [1.29, 1.82) is 0 Å². The van der Waals surface area contributed by atoms with Crippen LogP contribution in [0.15, 0.2) is 70.2 Å². The summed E-state index contributed by atoms with van der Waals surface area (Å²) in [7, 11) is 0.